The van der Waals surface area contributed by atoms with Crippen LogP contribution in [0.5, 0.6) is 0 Å². The van der Waals surface area contributed by atoms with Crippen LogP contribution in [0.15, 0.2) is 54.6 Å². The van der Waals surface area contributed by atoms with Crippen LogP contribution in [0.4, 0.5) is 11.4 Å². The Balaban J connectivity index is 1.29. The minimum atomic E-state index is -0.398. The maximum atomic E-state index is 13.3. The molecule has 0 aromatic heterocycles. The molecule has 0 spiro atoms. The van der Waals surface area contributed by atoms with Gasteiger partial charge in [-0.25, -0.2) is 4.90 Å². The fraction of sp³-hybridized carbons (Fsp3) is 0.292. The molecule has 6 atom stereocenters. The molecule has 4 aliphatic carbocycles. The van der Waals surface area contributed by atoms with Gasteiger partial charge in [-0.3, -0.25) is 14.4 Å². The summed E-state index contributed by atoms with van der Waals surface area (Å²) in [4.78, 5) is 40.7. The van der Waals surface area contributed by atoms with Gasteiger partial charge >= 0.3 is 0 Å². The average molecular weight is 453 g/mol. The maximum absolute atomic E-state index is 13.3. The lowest BCUT2D eigenvalue weighted by Gasteiger charge is -2.37. The quantitative estimate of drug-likeness (QED) is 0.536. The third-order valence-corrected chi connectivity index (χ3v) is 7.77. The molecular weight excluding hydrogens is 435 g/mol. The smallest absolute Gasteiger partial charge is 0.255 e. The third kappa shape index (κ3) is 2.80. The fourth-order valence-electron chi connectivity index (χ4n) is 5.79. The van der Waals surface area contributed by atoms with Crippen LogP contribution in [0.25, 0.3) is 0 Å². The Labute approximate surface area is 189 Å². The normalized spacial score (nSPS) is 32.1. The van der Waals surface area contributed by atoms with E-state index in [1.807, 2.05) is 0 Å². The summed E-state index contributed by atoms with van der Waals surface area (Å²) >= 11 is 12.1. The minimum Gasteiger partial charge on any atom is -0.321 e. The number of allylic oxidation sites excluding steroid dienone is 2. The summed E-state index contributed by atoms with van der Waals surface area (Å²) in [5, 5.41) is 3.55. The maximum Gasteiger partial charge on any atom is 0.255 e. The van der Waals surface area contributed by atoms with Crippen molar-refractivity contribution in [3.63, 3.8) is 0 Å². The molecule has 2 aromatic carbocycles. The van der Waals surface area contributed by atoms with Gasteiger partial charge in [0.25, 0.3) is 5.91 Å². The van der Waals surface area contributed by atoms with Crippen molar-refractivity contribution in [1.29, 1.82) is 0 Å². The standard InChI is InChI=1S/C24H18Cl2N2O3/c25-12-4-7-18(26)19(9-12)27-22(29)11-2-1-3-13(8-11)28-23(30)20-14-5-6-15(17-10-16(14)17)21(20)24(28)31/h1-9,14-17,20-21H,10H2,(H,27,29)/t14-,15-,16-,17-,20-,21+/m0/s1. The number of halogens is 2. The van der Waals surface area contributed by atoms with E-state index in [2.05, 4.69) is 17.5 Å². The molecule has 5 nitrogen and oxygen atoms in total. The van der Waals surface area contributed by atoms with E-state index in [1.54, 1.807) is 42.5 Å². The largest absolute Gasteiger partial charge is 0.321 e. The van der Waals surface area contributed by atoms with Crippen LogP contribution in [0, 0.1) is 35.5 Å². The number of nitrogens with zero attached hydrogens (tertiary/aromatic N) is 1. The highest BCUT2D eigenvalue weighted by molar-refractivity contribution is 6.36. The molecule has 2 saturated carbocycles. The SMILES string of the molecule is O=C(Nc1cc(Cl)ccc1Cl)c1cccc(N2C(=O)[C@@H]3[C@H]4C=C[C@@H]([C@@H]5C[C@@H]45)[C@@H]3C2=O)c1. The monoisotopic (exact) mass is 452 g/mol. The van der Waals surface area contributed by atoms with Crippen molar-refractivity contribution >= 4 is 52.3 Å². The van der Waals surface area contributed by atoms with Gasteiger partial charge in [-0.1, -0.05) is 41.4 Å². The highest BCUT2D eigenvalue weighted by Gasteiger charge is 2.67. The van der Waals surface area contributed by atoms with Crippen molar-refractivity contribution in [2.45, 2.75) is 6.42 Å². The molecule has 2 bridgehead atoms. The lowest BCUT2D eigenvalue weighted by molar-refractivity contribution is -0.124. The Hall–Kier alpha value is -2.63. The Morgan fingerprint density at radius 3 is 2.29 bits per heavy atom. The van der Waals surface area contributed by atoms with E-state index in [4.69, 9.17) is 23.2 Å². The summed E-state index contributed by atoms with van der Waals surface area (Å²) in [6.07, 6.45) is 5.41. The molecule has 1 saturated heterocycles. The number of carbonyl (C=O) groups excluding carboxylic acids is 3. The highest BCUT2D eigenvalue weighted by atomic mass is 35.5. The van der Waals surface area contributed by atoms with Crippen molar-refractivity contribution in [1.82, 2.24) is 0 Å². The van der Waals surface area contributed by atoms with Crippen LogP contribution in [0.3, 0.4) is 0 Å². The summed E-state index contributed by atoms with van der Waals surface area (Å²) in [5.74, 6) is 0.203. The number of amides is 3. The molecule has 1 heterocycles. The molecule has 0 radical (unpaired) electrons. The minimum absolute atomic E-state index is 0.143. The van der Waals surface area contributed by atoms with Crippen LogP contribution in [-0.2, 0) is 9.59 Å². The number of nitrogens with one attached hydrogen (secondary N) is 1. The highest BCUT2D eigenvalue weighted by Crippen LogP contribution is 2.65. The van der Waals surface area contributed by atoms with Crippen LogP contribution < -0.4 is 10.2 Å². The third-order valence-electron chi connectivity index (χ3n) is 7.21. The number of carbonyl (C=O) groups is 3. The predicted octanol–water partition coefficient (Wildman–Crippen LogP) is 4.80. The van der Waals surface area contributed by atoms with Crippen molar-refractivity contribution < 1.29 is 14.4 Å². The number of benzene rings is 2. The van der Waals surface area contributed by atoms with Gasteiger partial charge in [0.15, 0.2) is 0 Å². The molecule has 0 unspecified atom stereocenters. The van der Waals surface area contributed by atoms with Crippen molar-refractivity contribution in [3.05, 3.63) is 70.2 Å². The molecule has 1 aliphatic heterocycles. The second-order valence-electron chi connectivity index (χ2n) is 8.80. The number of imide groups is 1. The van der Waals surface area contributed by atoms with Crippen molar-refractivity contribution in [3.8, 4) is 0 Å². The lowest BCUT2D eigenvalue weighted by atomic mass is 9.63. The molecule has 7 rings (SSSR count). The first-order valence-corrected chi connectivity index (χ1v) is 11.1. The van der Waals surface area contributed by atoms with E-state index in [0.29, 0.717) is 38.8 Å². The average Bonchev–Trinajstić information content (AvgIpc) is 3.54. The fourth-order valence-corrected chi connectivity index (χ4v) is 6.12. The zero-order chi connectivity index (χ0) is 21.4. The molecule has 7 heteroatoms. The second kappa shape index (κ2) is 6.68. The lowest BCUT2D eigenvalue weighted by Crippen LogP contribution is -2.40. The topological polar surface area (TPSA) is 66.5 Å². The number of hydrogen-bond acceptors (Lipinski definition) is 3. The number of rotatable bonds is 3. The van der Waals surface area contributed by atoms with Crippen molar-refractivity contribution in [2.75, 3.05) is 10.2 Å². The van der Waals surface area contributed by atoms with Crippen molar-refractivity contribution in [2.24, 2.45) is 35.5 Å². The van der Waals surface area contributed by atoms with Crippen LogP contribution in [0.2, 0.25) is 10.0 Å². The van der Waals surface area contributed by atoms with E-state index >= 15 is 0 Å². The molecule has 1 N–H and O–H groups in total. The zero-order valence-corrected chi connectivity index (χ0v) is 17.8. The molecule has 5 aliphatic rings. The van der Waals surface area contributed by atoms with E-state index in [1.165, 1.54) is 4.90 Å². The Morgan fingerprint density at radius 1 is 0.935 bits per heavy atom. The van der Waals surface area contributed by atoms with E-state index in [-0.39, 0.29) is 35.5 Å². The summed E-state index contributed by atoms with van der Waals surface area (Å²) < 4.78 is 0. The molecule has 3 fully saturated rings. The van der Waals surface area contributed by atoms with Crippen LogP contribution in [0.1, 0.15) is 16.8 Å². The molecule has 31 heavy (non-hydrogen) atoms. The summed E-state index contributed by atoms with van der Waals surface area (Å²) in [6.45, 7) is 0. The predicted molar refractivity (Wildman–Crippen MR) is 118 cm³/mol. The summed E-state index contributed by atoms with van der Waals surface area (Å²) in [7, 11) is 0. The molecule has 2 aromatic rings. The van der Waals surface area contributed by atoms with Crippen LogP contribution >= 0.6 is 23.2 Å². The van der Waals surface area contributed by atoms with Gasteiger partial charge < -0.3 is 5.32 Å². The van der Waals surface area contributed by atoms with E-state index < -0.39 is 5.91 Å². The first-order valence-electron chi connectivity index (χ1n) is 10.4. The van der Waals surface area contributed by atoms with Gasteiger partial charge in [-0.15, -0.1) is 0 Å². The van der Waals surface area contributed by atoms with Crippen LogP contribution in [-0.4, -0.2) is 17.7 Å². The summed E-state index contributed by atoms with van der Waals surface area (Å²) in [5.41, 5.74) is 1.15. The number of anilines is 2. The Kier molecular flexibility index (Phi) is 4.11. The van der Waals surface area contributed by atoms with Gasteiger partial charge in [0.1, 0.15) is 0 Å². The van der Waals surface area contributed by atoms with Gasteiger partial charge in [0.05, 0.1) is 28.2 Å². The Morgan fingerprint density at radius 2 is 1.61 bits per heavy atom. The molecule has 3 amide bonds. The second-order valence-corrected chi connectivity index (χ2v) is 9.64. The van der Waals surface area contributed by atoms with Gasteiger partial charge in [-0.2, -0.15) is 0 Å². The van der Waals surface area contributed by atoms with Gasteiger partial charge in [-0.05, 0) is 66.5 Å². The molecule has 156 valence electrons. The summed E-state index contributed by atoms with van der Waals surface area (Å²) in [6, 6.07) is 11.4. The molecular formula is C24H18Cl2N2O3. The number of hydrogen-bond donors (Lipinski definition) is 1. The first kappa shape index (κ1) is 19.1. The zero-order valence-electron chi connectivity index (χ0n) is 16.3. The van der Waals surface area contributed by atoms with E-state index in [0.717, 1.165) is 6.42 Å². The Bertz CT molecular complexity index is 1160. The first-order chi connectivity index (χ1) is 14.9. The van der Waals surface area contributed by atoms with Gasteiger partial charge in [0, 0.05) is 10.6 Å². The van der Waals surface area contributed by atoms with E-state index in [9.17, 15) is 14.4 Å². The van der Waals surface area contributed by atoms with Gasteiger partial charge in [0.2, 0.25) is 11.8 Å².